The third kappa shape index (κ3) is 6.82. The second kappa shape index (κ2) is 10.3. The molecule has 0 bridgehead atoms. The van der Waals surface area contributed by atoms with Crippen molar-refractivity contribution in [1.29, 1.82) is 0 Å². The minimum Gasteiger partial charge on any atom is -0.357 e. The number of pyridine rings is 1. The monoisotopic (exact) mass is 374 g/mol. The van der Waals surface area contributed by atoms with Crippen LogP contribution in [0, 0.1) is 12.8 Å². The molecule has 0 saturated carbocycles. The smallest absolute Gasteiger partial charge is 0.227 e. The molecule has 150 valence electrons. The number of hydrogen-bond acceptors (Lipinski definition) is 4. The van der Waals surface area contributed by atoms with Gasteiger partial charge in [-0.3, -0.25) is 14.7 Å². The number of hydrogen-bond donors (Lipinski definition) is 3. The van der Waals surface area contributed by atoms with Crippen LogP contribution in [0.3, 0.4) is 0 Å². The van der Waals surface area contributed by atoms with E-state index < -0.39 is 0 Å². The first-order chi connectivity index (χ1) is 12.9. The van der Waals surface area contributed by atoms with E-state index in [1.807, 2.05) is 26.0 Å². The van der Waals surface area contributed by atoms with Crippen LogP contribution in [0.2, 0.25) is 0 Å². The second-order valence-electron chi connectivity index (χ2n) is 7.50. The van der Waals surface area contributed by atoms with Crippen molar-refractivity contribution >= 4 is 17.7 Å². The Morgan fingerprint density at radius 1 is 1.37 bits per heavy atom. The van der Waals surface area contributed by atoms with Crippen molar-refractivity contribution in [1.82, 2.24) is 20.5 Å². The molecular formula is C20H34N6O. The summed E-state index contributed by atoms with van der Waals surface area (Å²) in [7, 11) is 0. The minimum atomic E-state index is -0.0760. The predicted molar refractivity (Wildman–Crippen MR) is 111 cm³/mol. The van der Waals surface area contributed by atoms with E-state index in [1.165, 1.54) is 0 Å². The van der Waals surface area contributed by atoms with Crippen LogP contribution in [0.4, 0.5) is 5.82 Å². The molecule has 2 rings (SSSR count). The molecule has 7 nitrogen and oxygen atoms in total. The van der Waals surface area contributed by atoms with Crippen LogP contribution >= 0.6 is 0 Å². The van der Waals surface area contributed by atoms with Gasteiger partial charge in [0.1, 0.15) is 5.82 Å². The molecule has 1 amide bonds. The van der Waals surface area contributed by atoms with Gasteiger partial charge in [0, 0.05) is 43.8 Å². The molecule has 27 heavy (non-hydrogen) atoms. The number of aromatic nitrogens is 1. The molecule has 2 atom stereocenters. The molecule has 3 N–H and O–H groups in total. The summed E-state index contributed by atoms with van der Waals surface area (Å²) in [6.07, 6.45) is 0.324. The summed E-state index contributed by atoms with van der Waals surface area (Å²) in [6, 6.07) is 6.50. The van der Waals surface area contributed by atoms with Gasteiger partial charge >= 0.3 is 0 Å². The van der Waals surface area contributed by atoms with Gasteiger partial charge in [-0.25, -0.2) is 4.98 Å². The van der Waals surface area contributed by atoms with Crippen LogP contribution in [0.15, 0.2) is 23.2 Å². The maximum atomic E-state index is 12.1. The summed E-state index contributed by atoms with van der Waals surface area (Å²) >= 11 is 0. The van der Waals surface area contributed by atoms with Gasteiger partial charge in [0.2, 0.25) is 5.91 Å². The maximum Gasteiger partial charge on any atom is 0.227 e. The molecule has 1 aliphatic heterocycles. The predicted octanol–water partition coefficient (Wildman–Crippen LogP) is 2.00. The Morgan fingerprint density at radius 3 is 2.78 bits per heavy atom. The molecule has 1 aromatic heterocycles. The molecule has 1 fully saturated rings. The molecule has 2 heterocycles. The normalized spacial score (nSPS) is 20.7. The number of carbonyl (C=O) groups excluding carboxylic acids is 1. The summed E-state index contributed by atoms with van der Waals surface area (Å²) in [6.45, 7) is 14.0. The zero-order valence-electron chi connectivity index (χ0n) is 17.2. The lowest BCUT2D eigenvalue weighted by Gasteiger charge is -2.21. The molecule has 0 aromatic carbocycles. The first-order valence-electron chi connectivity index (χ1n) is 9.91. The highest BCUT2D eigenvalue weighted by molar-refractivity contribution is 5.90. The molecule has 0 aliphatic carbocycles. The van der Waals surface area contributed by atoms with Gasteiger partial charge in [-0.05, 0) is 45.7 Å². The lowest BCUT2D eigenvalue weighted by atomic mass is 10.1. The van der Waals surface area contributed by atoms with Crippen LogP contribution in [0.5, 0.6) is 0 Å². The Labute approximate surface area is 163 Å². The summed E-state index contributed by atoms with van der Waals surface area (Å²) in [5.74, 6) is 1.85. The van der Waals surface area contributed by atoms with E-state index in [9.17, 15) is 4.79 Å². The standard InChI is InChI=1S/C20H34N6O/c1-6-21-20(24-17-13-26(14(2)3)12-15(17)4)22-11-10-19(27)25-18-9-7-8-16(5)23-18/h7-9,14-15,17H,6,10-13H2,1-5H3,(H2,21,22,24)(H,23,25,27). The molecule has 0 radical (unpaired) electrons. The van der Waals surface area contributed by atoms with E-state index in [1.54, 1.807) is 6.07 Å². The number of nitrogens with one attached hydrogen (secondary N) is 3. The van der Waals surface area contributed by atoms with Gasteiger partial charge in [-0.2, -0.15) is 0 Å². The van der Waals surface area contributed by atoms with Crippen molar-refractivity contribution in [3.05, 3.63) is 23.9 Å². The number of carbonyl (C=O) groups is 1. The van der Waals surface area contributed by atoms with E-state index in [2.05, 4.69) is 51.6 Å². The molecular weight excluding hydrogens is 340 g/mol. The highest BCUT2D eigenvalue weighted by Crippen LogP contribution is 2.18. The minimum absolute atomic E-state index is 0.0760. The summed E-state index contributed by atoms with van der Waals surface area (Å²) in [5.41, 5.74) is 0.880. The lowest BCUT2D eigenvalue weighted by Crippen LogP contribution is -2.47. The number of guanidine groups is 1. The van der Waals surface area contributed by atoms with Gasteiger partial charge in [0.15, 0.2) is 5.96 Å². The maximum absolute atomic E-state index is 12.1. The number of likely N-dealkylation sites (tertiary alicyclic amines) is 1. The molecule has 2 unspecified atom stereocenters. The largest absolute Gasteiger partial charge is 0.357 e. The van der Waals surface area contributed by atoms with Crippen molar-refractivity contribution in [3.63, 3.8) is 0 Å². The van der Waals surface area contributed by atoms with Gasteiger partial charge in [-0.1, -0.05) is 13.0 Å². The van der Waals surface area contributed by atoms with Crippen molar-refractivity contribution in [2.24, 2.45) is 10.9 Å². The quantitative estimate of drug-likeness (QED) is 0.502. The van der Waals surface area contributed by atoms with E-state index in [0.29, 0.717) is 36.8 Å². The van der Waals surface area contributed by atoms with Gasteiger partial charge in [0.25, 0.3) is 0 Å². The van der Waals surface area contributed by atoms with Crippen LogP contribution in [0.25, 0.3) is 0 Å². The Kier molecular flexibility index (Phi) is 8.03. The number of rotatable bonds is 7. The Morgan fingerprint density at radius 2 is 2.15 bits per heavy atom. The number of nitrogens with zero attached hydrogens (tertiary/aromatic N) is 3. The van der Waals surface area contributed by atoms with Crippen molar-refractivity contribution in [2.75, 3.05) is 31.5 Å². The van der Waals surface area contributed by atoms with Crippen molar-refractivity contribution in [2.45, 2.75) is 53.1 Å². The fourth-order valence-corrected chi connectivity index (χ4v) is 3.20. The second-order valence-corrected chi connectivity index (χ2v) is 7.50. The SMILES string of the molecule is CCNC(=NCCC(=O)Nc1cccc(C)n1)NC1CN(C(C)C)CC1C. The van der Waals surface area contributed by atoms with Gasteiger partial charge < -0.3 is 16.0 Å². The number of anilines is 1. The first-order valence-corrected chi connectivity index (χ1v) is 9.91. The zero-order chi connectivity index (χ0) is 19.8. The van der Waals surface area contributed by atoms with E-state index >= 15 is 0 Å². The average molecular weight is 375 g/mol. The Balaban J connectivity index is 1.85. The van der Waals surface area contributed by atoms with Crippen LogP contribution in [-0.2, 0) is 4.79 Å². The van der Waals surface area contributed by atoms with Crippen molar-refractivity contribution < 1.29 is 4.79 Å². The Hall–Kier alpha value is -2.15. The van der Waals surface area contributed by atoms with E-state index in [0.717, 1.165) is 31.3 Å². The number of aryl methyl sites for hydroxylation is 1. The fourth-order valence-electron chi connectivity index (χ4n) is 3.20. The average Bonchev–Trinajstić information content (AvgIpc) is 2.96. The first kappa shape index (κ1) is 21.2. The van der Waals surface area contributed by atoms with E-state index in [-0.39, 0.29) is 5.91 Å². The van der Waals surface area contributed by atoms with Gasteiger partial charge in [-0.15, -0.1) is 0 Å². The molecule has 1 aromatic rings. The summed E-state index contributed by atoms with van der Waals surface area (Å²) < 4.78 is 0. The fraction of sp³-hybridized carbons (Fsp3) is 0.650. The molecule has 1 aliphatic rings. The van der Waals surface area contributed by atoms with Crippen LogP contribution in [0.1, 0.15) is 39.8 Å². The number of aliphatic imine (C=N–C) groups is 1. The van der Waals surface area contributed by atoms with Gasteiger partial charge in [0.05, 0.1) is 6.54 Å². The van der Waals surface area contributed by atoms with Crippen LogP contribution < -0.4 is 16.0 Å². The van der Waals surface area contributed by atoms with E-state index in [4.69, 9.17) is 0 Å². The summed E-state index contributed by atoms with van der Waals surface area (Å²) in [5, 5.41) is 9.64. The van der Waals surface area contributed by atoms with Crippen molar-refractivity contribution in [3.8, 4) is 0 Å². The molecule has 0 spiro atoms. The highest BCUT2D eigenvalue weighted by atomic mass is 16.1. The lowest BCUT2D eigenvalue weighted by molar-refractivity contribution is -0.116. The molecule has 7 heteroatoms. The summed E-state index contributed by atoms with van der Waals surface area (Å²) in [4.78, 5) is 23.5. The van der Waals surface area contributed by atoms with Crippen LogP contribution in [-0.4, -0.2) is 60.0 Å². The highest BCUT2D eigenvalue weighted by Gasteiger charge is 2.31. The zero-order valence-corrected chi connectivity index (χ0v) is 17.2. The third-order valence-electron chi connectivity index (χ3n) is 4.80. The molecule has 1 saturated heterocycles. The third-order valence-corrected chi connectivity index (χ3v) is 4.80. The Bertz CT molecular complexity index is 645. The number of amides is 1. The topological polar surface area (TPSA) is 81.6 Å².